The summed E-state index contributed by atoms with van der Waals surface area (Å²) >= 11 is -0.556. The molecule has 0 amide bonds. The van der Waals surface area contributed by atoms with Crippen LogP contribution < -0.4 is 0 Å². The molecule has 0 bridgehead atoms. The molecule has 0 spiro atoms. The summed E-state index contributed by atoms with van der Waals surface area (Å²) in [5.74, 6) is 0. The van der Waals surface area contributed by atoms with Crippen LogP contribution in [0.5, 0.6) is 0 Å². The first-order chi connectivity index (χ1) is 15.3. The fourth-order valence-corrected chi connectivity index (χ4v) is 3.42. The van der Waals surface area contributed by atoms with Gasteiger partial charge in [-0.25, -0.2) is 0 Å². The summed E-state index contributed by atoms with van der Waals surface area (Å²) in [6.45, 7) is 7.77. The first-order valence-electron chi connectivity index (χ1n) is 10.4. The Labute approximate surface area is 235 Å². The number of rotatable bonds is 3. The van der Waals surface area contributed by atoms with Gasteiger partial charge in [0.1, 0.15) is 0 Å². The van der Waals surface area contributed by atoms with Crippen molar-refractivity contribution in [3.8, 4) is 33.4 Å². The molecule has 0 atom stereocenters. The molecule has 4 aromatic rings. The molecule has 4 aromatic carbocycles. The summed E-state index contributed by atoms with van der Waals surface area (Å²) in [6.07, 6.45) is 0. The van der Waals surface area contributed by atoms with Crippen molar-refractivity contribution < 1.29 is 17.0 Å². The molecule has 0 heterocycles. The van der Waals surface area contributed by atoms with E-state index < -0.39 is 17.0 Å². The summed E-state index contributed by atoms with van der Waals surface area (Å²) in [6, 6.07) is 34.4. The van der Waals surface area contributed by atoms with Gasteiger partial charge in [0, 0.05) is 0 Å². The molecule has 0 fully saturated rings. The van der Waals surface area contributed by atoms with Crippen LogP contribution in [0, 0.1) is 21.8 Å². The molecule has 35 heavy (non-hydrogen) atoms. The average Bonchev–Trinajstić information content (AvgIpc) is 3.12. The van der Waals surface area contributed by atoms with Crippen LogP contribution in [-0.4, -0.2) is 16.5 Å². The third-order valence-corrected chi connectivity index (χ3v) is 4.48. The Hall–Kier alpha value is -1.52. The molecule has 5 heteroatoms. The van der Waals surface area contributed by atoms with Crippen LogP contribution in [0.15, 0.2) is 97.1 Å². The Balaban J connectivity index is 0. The molecule has 0 aliphatic rings. The predicted molar refractivity (Wildman–Crippen MR) is 162 cm³/mol. The van der Waals surface area contributed by atoms with E-state index in [0.717, 1.165) is 0 Å². The minimum Gasteiger partial charge on any atom is -0.0125 e. The standard InChI is InChI=1S/C24H19.C4H10N.2CH3.2ClH.H3Si.Ti/c1-18-17-22(19-11-5-2-6-12-19)24(21-15-9-4-10-16-21)23(18)20-13-7-3-8-14-20;1-4(2,3)5;;;;;;/h2-17H,1H3;5H,1-3H3;2*1H3;2*1H;1H3;/q4*-1;;;;+6/p-2. The molecule has 0 aliphatic carbocycles. The maximum atomic E-state index is 6.94. The van der Waals surface area contributed by atoms with Gasteiger partial charge in [-0.1, -0.05) is 135 Å². The Kier molecular flexibility index (Phi) is 18.2. The fourth-order valence-electron chi connectivity index (χ4n) is 3.42. The first kappa shape index (κ1) is 35.6. The number of hydrogen-bond acceptors (Lipinski definition) is 0. The van der Waals surface area contributed by atoms with Gasteiger partial charge in [-0.05, 0) is 11.0 Å². The van der Waals surface area contributed by atoms with Crippen molar-refractivity contribution in [2.45, 2.75) is 33.2 Å². The zero-order valence-corrected chi connectivity index (χ0v) is 27.1. The van der Waals surface area contributed by atoms with Crippen LogP contribution in [-0.2, 0) is 17.0 Å². The summed E-state index contributed by atoms with van der Waals surface area (Å²) < 4.78 is 0. The second kappa shape index (κ2) is 17.8. The number of nitrogens with one attached hydrogen (secondary N) is 1. The normalized spacial score (nSPS) is 9.69. The third kappa shape index (κ3) is 11.8. The van der Waals surface area contributed by atoms with Crippen molar-refractivity contribution in [2.75, 3.05) is 0 Å². The van der Waals surface area contributed by atoms with Crippen LogP contribution >= 0.6 is 18.6 Å². The van der Waals surface area contributed by atoms with E-state index in [-0.39, 0.29) is 31.4 Å². The summed E-state index contributed by atoms with van der Waals surface area (Å²) in [5, 5.41) is 0. The second-order valence-electron chi connectivity index (χ2n) is 8.41. The van der Waals surface area contributed by atoms with Gasteiger partial charge in [0.2, 0.25) is 0 Å². The van der Waals surface area contributed by atoms with Gasteiger partial charge in [-0.2, -0.15) is 0 Å². The Morgan fingerprint density at radius 3 is 1.29 bits per heavy atom. The number of hydrogen-bond donors (Lipinski definition) is 0. The van der Waals surface area contributed by atoms with Crippen LogP contribution in [0.2, 0.25) is 0 Å². The fraction of sp³-hybridized carbons (Fsp3) is 0.167. The third-order valence-electron chi connectivity index (χ3n) is 4.48. The van der Waals surface area contributed by atoms with Crippen molar-refractivity contribution >= 4 is 29.6 Å². The number of halogens is 2. The van der Waals surface area contributed by atoms with E-state index in [4.69, 9.17) is 24.3 Å². The molecular formula is C30H38Cl2NSiTi. The molecule has 0 saturated carbocycles. The van der Waals surface area contributed by atoms with Gasteiger partial charge in [0.25, 0.3) is 0 Å². The zero-order valence-electron chi connectivity index (χ0n) is 22.0. The van der Waals surface area contributed by atoms with Crippen LogP contribution in [0.25, 0.3) is 39.1 Å². The second-order valence-corrected chi connectivity index (χ2v) is 11.0. The average molecular weight is 560 g/mol. The topological polar surface area (TPSA) is 23.8 Å². The van der Waals surface area contributed by atoms with Gasteiger partial charge in [0.15, 0.2) is 0 Å². The Morgan fingerprint density at radius 1 is 0.657 bits per heavy atom. The maximum absolute atomic E-state index is 6.94. The molecular weight excluding hydrogens is 521 g/mol. The van der Waals surface area contributed by atoms with Crippen molar-refractivity contribution in [3.63, 3.8) is 0 Å². The van der Waals surface area contributed by atoms with Gasteiger partial charge >= 0.3 is 35.6 Å². The molecule has 0 saturated heterocycles. The Morgan fingerprint density at radius 2 is 0.943 bits per heavy atom. The largest absolute Gasteiger partial charge is 0.0125 e. The van der Waals surface area contributed by atoms with E-state index in [1.54, 1.807) is 0 Å². The van der Waals surface area contributed by atoms with E-state index in [1.165, 1.54) is 38.9 Å². The smallest absolute Gasteiger partial charge is 0.0125 e. The van der Waals surface area contributed by atoms with E-state index >= 15 is 0 Å². The van der Waals surface area contributed by atoms with Crippen molar-refractivity contribution in [1.29, 1.82) is 0 Å². The molecule has 1 nitrogen and oxygen atoms in total. The summed E-state index contributed by atoms with van der Waals surface area (Å²) in [4.78, 5) is 0. The van der Waals surface area contributed by atoms with Crippen LogP contribution in [0.1, 0.15) is 26.3 Å². The summed E-state index contributed by atoms with van der Waals surface area (Å²) in [5.41, 5.74) is 15.8. The molecule has 4 rings (SSSR count). The van der Waals surface area contributed by atoms with E-state index in [2.05, 4.69) is 104 Å². The van der Waals surface area contributed by atoms with Crippen molar-refractivity contribution in [3.05, 3.63) is 123 Å². The van der Waals surface area contributed by atoms with E-state index in [1.807, 2.05) is 20.8 Å². The van der Waals surface area contributed by atoms with Crippen LogP contribution in [0.4, 0.5) is 0 Å². The molecule has 1 radical (unpaired) electrons. The quantitative estimate of drug-likeness (QED) is 0.176. The first-order valence-corrected chi connectivity index (χ1v) is 14.7. The molecule has 0 aliphatic heterocycles. The van der Waals surface area contributed by atoms with Gasteiger partial charge in [-0.3, -0.25) is 0 Å². The Bertz CT molecular complexity index is 1050. The molecule has 0 unspecified atom stereocenters. The molecule has 185 valence electrons. The monoisotopic (exact) mass is 558 g/mol. The number of benzene rings is 3. The zero-order chi connectivity index (χ0) is 23.6. The molecule has 1 N–H and O–H groups in total. The molecule has 0 aromatic heterocycles. The van der Waals surface area contributed by atoms with E-state index in [0.29, 0.717) is 0 Å². The van der Waals surface area contributed by atoms with Crippen molar-refractivity contribution in [1.82, 2.24) is 0 Å². The van der Waals surface area contributed by atoms with E-state index in [9.17, 15) is 0 Å². The minimum absolute atomic E-state index is 0. The van der Waals surface area contributed by atoms with Gasteiger partial charge < -0.3 is 20.6 Å². The number of aryl methyl sites for hydroxylation is 1. The van der Waals surface area contributed by atoms with Gasteiger partial charge in [0.05, 0.1) is 0 Å². The van der Waals surface area contributed by atoms with Crippen LogP contribution in [0.3, 0.4) is 0 Å². The predicted octanol–water partition coefficient (Wildman–Crippen LogP) is 9.65. The summed E-state index contributed by atoms with van der Waals surface area (Å²) in [7, 11) is 9.78. The SMILES string of the molecule is CC(C)(C)[NH-].Cc1[cH-]c(-c2ccccc2)c(-c2ccccc2)c1-c1ccccc1.[CH3-].[CH3-].[Cl][Ti+4][Cl].[SiH3]. The minimum atomic E-state index is -0.556. The maximum Gasteiger partial charge on any atom is -0.0125 e. The van der Waals surface area contributed by atoms with Gasteiger partial charge in [-0.15, -0.1) is 33.9 Å². The van der Waals surface area contributed by atoms with Crippen molar-refractivity contribution in [2.24, 2.45) is 0 Å².